The van der Waals surface area contributed by atoms with Gasteiger partial charge in [-0.25, -0.2) is 4.98 Å². The predicted molar refractivity (Wildman–Crippen MR) is 79.1 cm³/mol. The molecule has 0 radical (unpaired) electrons. The van der Waals surface area contributed by atoms with E-state index >= 15 is 0 Å². The first-order chi connectivity index (χ1) is 9.75. The van der Waals surface area contributed by atoms with Crippen molar-refractivity contribution in [3.8, 4) is 11.1 Å². The minimum atomic E-state index is -0.695. The summed E-state index contributed by atoms with van der Waals surface area (Å²) in [7, 11) is 1.88. The molecule has 3 nitrogen and oxygen atoms in total. The first kappa shape index (κ1) is 12.6. The van der Waals surface area contributed by atoms with Crippen LogP contribution in [0.25, 0.3) is 11.1 Å². The van der Waals surface area contributed by atoms with E-state index in [-0.39, 0.29) is 0 Å². The van der Waals surface area contributed by atoms with Crippen molar-refractivity contribution in [3.63, 3.8) is 0 Å². The van der Waals surface area contributed by atoms with Crippen LogP contribution < -0.4 is 0 Å². The van der Waals surface area contributed by atoms with Crippen LogP contribution >= 0.6 is 0 Å². The van der Waals surface area contributed by atoms with Crippen LogP contribution in [-0.2, 0) is 7.05 Å². The first-order valence-corrected chi connectivity index (χ1v) is 6.56. The second kappa shape index (κ2) is 5.31. The molecule has 3 heteroatoms. The lowest BCUT2D eigenvalue weighted by Gasteiger charge is -2.11. The zero-order valence-electron chi connectivity index (χ0n) is 11.3. The van der Waals surface area contributed by atoms with Gasteiger partial charge in [0, 0.05) is 19.4 Å². The van der Waals surface area contributed by atoms with Gasteiger partial charge >= 0.3 is 0 Å². The third-order valence-corrected chi connectivity index (χ3v) is 3.44. The van der Waals surface area contributed by atoms with Crippen LogP contribution in [0.2, 0.25) is 0 Å². The van der Waals surface area contributed by atoms with Crippen molar-refractivity contribution in [2.75, 3.05) is 0 Å². The van der Waals surface area contributed by atoms with Gasteiger partial charge in [-0.3, -0.25) is 0 Å². The molecule has 3 rings (SSSR count). The van der Waals surface area contributed by atoms with E-state index < -0.39 is 6.10 Å². The van der Waals surface area contributed by atoms with Crippen molar-refractivity contribution in [1.29, 1.82) is 0 Å². The normalized spacial score (nSPS) is 12.3. The molecule has 100 valence electrons. The van der Waals surface area contributed by atoms with Crippen LogP contribution in [0.4, 0.5) is 0 Å². The minimum absolute atomic E-state index is 0.650. The third kappa shape index (κ3) is 2.36. The number of hydrogen-bond acceptors (Lipinski definition) is 2. The highest BCUT2D eigenvalue weighted by Crippen LogP contribution is 2.24. The van der Waals surface area contributed by atoms with Crippen molar-refractivity contribution in [1.82, 2.24) is 9.55 Å². The Balaban J connectivity index is 1.89. The summed E-state index contributed by atoms with van der Waals surface area (Å²) in [4.78, 5) is 4.19. The van der Waals surface area contributed by atoms with Gasteiger partial charge < -0.3 is 9.67 Å². The number of aromatic nitrogens is 2. The summed E-state index contributed by atoms with van der Waals surface area (Å²) < 4.78 is 1.83. The van der Waals surface area contributed by atoms with Crippen LogP contribution in [0.15, 0.2) is 67.0 Å². The van der Waals surface area contributed by atoms with E-state index in [2.05, 4.69) is 17.1 Å². The molecule has 0 aliphatic heterocycles. The minimum Gasteiger partial charge on any atom is -0.380 e. The van der Waals surface area contributed by atoms with Crippen LogP contribution in [0.5, 0.6) is 0 Å². The highest BCUT2D eigenvalue weighted by molar-refractivity contribution is 5.63. The molecular weight excluding hydrogens is 248 g/mol. The van der Waals surface area contributed by atoms with Crippen molar-refractivity contribution in [3.05, 3.63) is 78.4 Å². The van der Waals surface area contributed by atoms with Crippen LogP contribution in [0.1, 0.15) is 17.5 Å². The molecule has 0 spiro atoms. The summed E-state index contributed by atoms with van der Waals surface area (Å²) in [6, 6.07) is 18.1. The maximum absolute atomic E-state index is 10.3. The number of aliphatic hydroxyl groups is 1. The second-order valence-electron chi connectivity index (χ2n) is 4.79. The van der Waals surface area contributed by atoms with Gasteiger partial charge in [0.05, 0.1) is 0 Å². The van der Waals surface area contributed by atoms with E-state index in [1.165, 1.54) is 5.56 Å². The molecule has 1 aromatic heterocycles. The molecule has 1 heterocycles. The summed E-state index contributed by atoms with van der Waals surface area (Å²) in [5.41, 5.74) is 3.16. The fourth-order valence-corrected chi connectivity index (χ4v) is 2.28. The molecule has 0 amide bonds. The second-order valence-corrected chi connectivity index (χ2v) is 4.79. The largest absolute Gasteiger partial charge is 0.380 e. The maximum atomic E-state index is 10.3. The molecule has 0 saturated heterocycles. The fourth-order valence-electron chi connectivity index (χ4n) is 2.28. The molecule has 0 saturated carbocycles. The van der Waals surface area contributed by atoms with Gasteiger partial charge in [-0.2, -0.15) is 0 Å². The quantitative estimate of drug-likeness (QED) is 0.789. The Kier molecular flexibility index (Phi) is 3.35. The van der Waals surface area contributed by atoms with Crippen molar-refractivity contribution in [2.45, 2.75) is 6.10 Å². The summed E-state index contributed by atoms with van der Waals surface area (Å²) in [5, 5.41) is 10.3. The Bertz CT molecular complexity index is 687. The Morgan fingerprint density at radius 2 is 1.60 bits per heavy atom. The number of hydrogen-bond donors (Lipinski definition) is 1. The average Bonchev–Trinajstić information content (AvgIpc) is 2.94. The average molecular weight is 264 g/mol. The molecule has 2 aromatic carbocycles. The van der Waals surface area contributed by atoms with Crippen molar-refractivity contribution < 1.29 is 5.11 Å². The van der Waals surface area contributed by atoms with Crippen LogP contribution in [0, 0.1) is 0 Å². The fraction of sp³-hybridized carbons (Fsp3) is 0.118. The lowest BCUT2D eigenvalue weighted by atomic mass is 10.0. The van der Waals surface area contributed by atoms with Crippen LogP contribution in [0.3, 0.4) is 0 Å². The predicted octanol–water partition coefficient (Wildman–Crippen LogP) is 3.17. The van der Waals surface area contributed by atoms with E-state index in [0.717, 1.165) is 11.1 Å². The Morgan fingerprint density at radius 3 is 2.20 bits per heavy atom. The lowest BCUT2D eigenvalue weighted by molar-refractivity contribution is 0.206. The molecule has 1 unspecified atom stereocenters. The Labute approximate surface area is 118 Å². The van der Waals surface area contributed by atoms with Gasteiger partial charge in [0.2, 0.25) is 0 Å². The first-order valence-electron chi connectivity index (χ1n) is 6.56. The standard InChI is InChI=1S/C17H16N2O/c1-19-12-11-18-17(19)16(20)15-9-7-14(8-10-15)13-5-3-2-4-6-13/h2-12,16,20H,1H3. The molecule has 0 fully saturated rings. The maximum Gasteiger partial charge on any atom is 0.142 e. The van der Waals surface area contributed by atoms with E-state index in [9.17, 15) is 5.11 Å². The van der Waals surface area contributed by atoms with E-state index in [1.54, 1.807) is 6.20 Å². The molecule has 0 bridgehead atoms. The van der Waals surface area contributed by atoms with Gasteiger partial charge in [0.1, 0.15) is 11.9 Å². The highest BCUT2D eigenvalue weighted by Gasteiger charge is 2.14. The SMILES string of the molecule is Cn1ccnc1C(O)c1ccc(-c2ccccc2)cc1. The third-order valence-electron chi connectivity index (χ3n) is 3.44. The molecule has 1 atom stereocenters. The van der Waals surface area contributed by atoms with E-state index in [1.807, 2.05) is 60.3 Å². The summed E-state index contributed by atoms with van der Waals surface area (Å²) in [6.07, 6.45) is 2.83. The number of aryl methyl sites for hydroxylation is 1. The summed E-state index contributed by atoms with van der Waals surface area (Å²) in [5.74, 6) is 0.650. The lowest BCUT2D eigenvalue weighted by Crippen LogP contribution is -2.06. The number of rotatable bonds is 3. The van der Waals surface area contributed by atoms with Gasteiger partial charge in [-0.1, -0.05) is 54.6 Å². The smallest absolute Gasteiger partial charge is 0.142 e. The number of nitrogens with zero attached hydrogens (tertiary/aromatic N) is 2. The zero-order chi connectivity index (χ0) is 13.9. The Hall–Kier alpha value is -2.39. The highest BCUT2D eigenvalue weighted by atomic mass is 16.3. The monoisotopic (exact) mass is 264 g/mol. The molecule has 20 heavy (non-hydrogen) atoms. The van der Waals surface area contributed by atoms with Gasteiger partial charge in [0.15, 0.2) is 0 Å². The molecule has 3 aromatic rings. The van der Waals surface area contributed by atoms with Crippen molar-refractivity contribution >= 4 is 0 Å². The van der Waals surface area contributed by atoms with Crippen LogP contribution in [-0.4, -0.2) is 14.7 Å². The Morgan fingerprint density at radius 1 is 0.950 bits per heavy atom. The topological polar surface area (TPSA) is 38.0 Å². The van der Waals surface area contributed by atoms with E-state index in [0.29, 0.717) is 5.82 Å². The van der Waals surface area contributed by atoms with Crippen molar-refractivity contribution in [2.24, 2.45) is 7.05 Å². The number of imidazole rings is 1. The molecule has 1 N–H and O–H groups in total. The molecular formula is C17H16N2O. The summed E-state index contributed by atoms with van der Waals surface area (Å²) >= 11 is 0. The number of aliphatic hydroxyl groups excluding tert-OH is 1. The number of benzene rings is 2. The molecule has 0 aliphatic rings. The van der Waals surface area contributed by atoms with Gasteiger partial charge in [-0.05, 0) is 16.7 Å². The zero-order valence-corrected chi connectivity index (χ0v) is 11.3. The van der Waals surface area contributed by atoms with E-state index in [4.69, 9.17) is 0 Å². The van der Waals surface area contributed by atoms with Gasteiger partial charge in [0.25, 0.3) is 0 Å². The summed E-state index contributed by atoms with van der Waals surface area (Å²) in [6.45, 7) is 0. The van der Waals surface area contributed by atoms with Gasteiger partial charge in [-0.15, -0.1) is 0 Å². The molecule has 0 aliphatic carbocycles.